The fourth-order valence-corrected chi connectivity index (χ4v) is 1.27. The van der Waals surface area contributed by atoms with Crippen molar-refractivity contribution in [1.82, 2.24) is 5.32 Å². The van der Waals surface area contributed by atoms with Gasteiger partial charge >= 0.3 is 12.0 Å². The minimum absolute atomic E-state index is 0.00253. The van der Waals surface area contributed by atoms with E-state index in [4.69, 9.17) is 15.6 Å². The zero-order valence-corrected chi connectivity index (χ0v) is 9.80. The molecule has 0 saturated carbocycles. The number of nitriles is 2. The fraction of sp³-hybridized carbons (Fsp3) is 0.167. The van der Waals surface area contributed by atoms with Crippen molar-refractivity contribution in [3.8, 4) is 12.1 Å². The van der Waals surface area contributed by atoms with Crippen LogP contribution in [0.1, 0.15) is 17.5 Å². The number of carbonyl (C=O) groups excluding carboxylic acids is 1. The molecule has 0 heterocycles. The van der Waals surface area contributed by atoms with Gasteiger partial charge in [-0.2, -0.15) is 10.5 Å². The van der Waals surface area contributed by atoms with Crippen molar-refractivity contribution in [2.75, 3.05) is 11.9 Å². The molecule has 7 nitrogen and oxygen atoms in total. The number of hydrogen-bond donors (Lipinski definition) is 3. The van der Waals surface area contributed by atoms with Crippen LogP contribution in [0.3, 0.4) is 0 Å². The highest BCUT2D eigenvalue weighted by atomic mass is 16.4. The Bertz CT molecular complexity index is 584. The summed E-state index contributed by atoms with van der Waals surface area (Å²) in [5, 5.41) is 30.7. The third-order valence-electron chi connectivity index (χ3n) is 2.14. The zero-order valence-electron chi connectivity index (χ0n) is 9.80. The average molecular weight is 258 g/mol. The largest absolute Gasteiger partial charge is 0.481 e. The summed E-state index contributed by atoms with van der Waals surface area (Å²) in [6.07, 6.45) is -0.176. The van der Waals surface area contributed by atoms with Gasteiger partial charge < -0.3 is 15.7 Å². The molecule has 3 N–H and O–H groups in total. The first-order valence-corrected chi connectivity index (χ1v) is 5.27. The van der Waals surface area contributed by atoms with Gasteiger partial charge in [0.15, 0.2) is 0 Å². The molecule has 19 heavy (non-hydrogen) atoms. The van der Waals surface area contributed by atoms with Crippen LogP contribution >= 0.6 is 0 Å². The Hall–Kier alpha value is -3.06. The van der Waals surface area contributed by atoms with E-state index in [0.717, 1.165) is 0 Å². The molecular formula is C12H10N4O3. The highest BCUT2D eigenvalue weighted by molar-refractivity contribution is 5.89. The molecule has 0 aromatic heterocycles. The van der Waals surface area contributed by atoms with Crippen molar-refractivity contribution >= 4 is 17.7 Å². The number of aliphatic carboxylic acids is 1. The summed E-state index contributed by atoms with van der Waals surface area (Å²) >= 11 is 0. The number of hydrogen-bond acceptors (Lipinski definition) is 4. The van der Waals surface area contributed by atoms with E-state index in [2.05, 4.69) is 10.6 Å². The second-order valence-electron chi connectivity index (χ2n) is 3.51. The van der Waals surface area contributed by atoms with Crippen molar-refractivity contribution in [2.45, 2.75) is 6.42 Å². The van der Waals surface area contributed by atoms with E-state index < -0.39 is 12.0 Å². The first-order chi connectivity index (χ1) is 9.06. The zero-order chi connectivity index (χ0) is 14.3. The van der Waals surface area contributed by atoms with Crippen LogP contribution in [0.5, 0.6) is 0 Å². The Kier molecular flexibility index (Phi) is 4.88. The third kappa shape index (κ3) is 4.36. The first-order valence-electron chi connectivity index (χ1n) is 5.27. The number of carbonyl (C=O) groups is 2. The van der Waals surface area contributed by atoms with E-state index in [1.54, 1.807) is 0 Å². The highest BCUT2D eigenvalue weighted by Gasteiger charge is 2.06. The summed E-state index contributed by atoms with van der Waals surface area (Å²) in [6, 6.07) is 7.40. The molecule has 0 radical (unpaired) electrons. The van der Waals surface area contributed by atoms with Crippen LogP contribution in [0, 0.1) is 22.7 Å². The fourth-order valence-electron chi connectivity index (χ4n) is 1.27. The summed E-state index contributed by atoms with van der Waals surface area (Å²) in [7, 11) is 0. The molecule has 0 saturated heterocycles. The van der Waals surface area contributed by atoms with Crippen molar-refractivity contribution in [3.05, 3.63) is 29.3 Å². The van der Waals surface area contributed by atoms with Gasteiger partial charge in [-0.3, -0.25) is 4.79 Å². The second-order valence-corrected chi connectivity index (χ2v) is 3.51. The Labute approximate surface area is 109 Å². The van der Waals surface area contributed by atoms with Crippen LogP contribution < -0.4 is 10.6 Å². The van der Waals surface area contributed by atoms with Gasteiger partial charge in [0, 0.05) is 12.2 Å². The lowest BCUT2D eigenvalue weighted by atomic mass is 10.1. The minimum Gasteiger partial charge on any atom is -0.481 e. The molecule has 0 aliphatic carbocycles. The van der Waals surface area contributed by atoms with E-state index in [0.29, 0.717) is 5.69 Å². The number of carboxylic acids is 1. The molecular weight excluding hydrogens is 248 g/mol. The lowest BCUT2D eigenvalue weighted by Crippen LogP contribution is -2.30. The molecule has 2 amide bonds. The van der Waals surface area contributed by atoms with Crippen molar-refractivity contribution < 1.29 is 14.7 Å². The molecule has 0 spiro atoms. The molecule has 0 atom stereocenters. The molecule has 96 valence electrons. The summed E-state index contributed by atoms with van der Waals surface area (Å²) < 4.78 is 0. The van der Waals surface area contributed by atoms with Gasteiger partial charge in [-0.15, -0.1) is 0 Å². The Balaban J connectivity index is 2.63. The highest BCUT2D eigenvalue weighted by Crippen LogP contribution is 2.14. The van der Waals surface area contributed by atoms with Crippen LogP contribution in [-0.4, -0.2) is 23.7 Å². The number of nitrogens with zero attached hydrogens (tertiary/aromatic N) is 2. The molecule has 1 rings (SSSR count). The number of amides is 2. The van der Waals surface area contributed by atoms with Gasteiger partial charge in [-0.25, -0.2) is 4.79 Å². The number of carboxylic acid groups (broad SMARTS) is 1. The number of benzene rings is 1. The van der Waals surface area contributed by atoms with E-state index >= 15 is 0 Å². The molecule has 1 aromatic carbocycles. The maximum absolute atomic E-state index is 11.4. The number of nitrogens with one attached hydrogen (secondary N) is 2. The van der Waals surface area contributed by atoms with Crippen LogP contribution in [0.25, 0.3) is 0 Å². The first kappa shape index (κ1) is 14.0. The van der Waals surface area contributed by atoms with E-state index in [1.165, 1.54) is 18.2 Å². The van der Waals surface area contributed by atoms with Gasteiger partial charge in [0.05, 0.1) is 17.5 Å². The lowest BCUT2D eigenvalue weighted by Gasteiger charge is -2.07. The predicted molar refractivity (Wildman–Crippen MR) is 65.1 cm³/mol. The van der Waals surface area contributed by atoms with Crippen LogP contribution in [0.4, 0.5) is 10.5 Å². The maximum Gasteiger partial charge on any atom is 0.319 e. The SMILES string of the molecule is N#Cc1ccc(NC(=O)NCCC(=O)O)cc1C#N. The Morgan fingerprint density at radius 1 is 1.21 bits per heavy atom. The minimum atomic E-state index is -1.01. The standard InChI is InChI=1S/C12H10N4O3/c13-6-8-1-2-10(5-9(8)7-14)16-12(19)15-4-3-11(17)18/h1-2,5H,3-4H2,(H,17,18)(H2,15,16,19). The van der Waals surface area contributed by atoms with Gasteiger partial charge in [-0.05, 0) is 18.2 Å². The molecule has 0 fully saturated rings. The summed E-state index contributed by atoms with van der Waals surface area (Å²) in [5.74, 6) is -1.01. The Morgan fingerprint density at radius 3 is 2.47 bits per heavy atom. The third-order valence-corrected chi connectivity index (χ3v) is 2.14. The number of urea groups is 1. The molecule has 0 aliphatic heterocycles. The second kappa shape index (κ2) is 6.62. The Morgan fingerprint density at radius 2 is 1.89 bits per heavy atom. The van der Waals surface area contributed by atoms with Gasteiger partial charge in [0.25, 0.3) is 0 Å². The number of rotatable bonds is 4. The molecule has 0 bridgehead atoms. The molecule has 0 aliphatic rings. The number of anilines is 1. The molecule has 1 aromatic rings. The lowest BCUT2D eigenvalue weighted by molar-refractivity contribution is -0.136. The molecule has 7 heteroatoms. The van der Waals surface area contributed by atoms with Crippen LogP contribution in [0.2, 0.25) is 0 Å². The van der Waals surface area contributed by atoms with E-state index in [1.807, 2.05) is 12.1 Å². The maximum atomic E-state index is 11.4. The normalized spacial score (nSPS) is 8.95. The van der Waals surface area contributed by atoms with Crippen LogP contribution in [-0.2, 0) is 4.79 Å². The van der Waals surface area contributed by atoms with Gasteiger partial charge in [-0.1, -0.05) is 0 Å². The summed E-state index contributed by atoms with van der Waals surface area (Å²) in [6.45, 7) is 0.00253. The molecule has 0 unspecified atom stereocenters. The topological polar surface area (TPSA) is 126 Å². The van der Waals surface area contributed by atoms with E-state index in [9.17, 15) is 9.59 Å². The summed E-state index contributed by atoms with van der Waals surface area (Å²) in [4.78, 5) is 21.6. The van der Waals surface area contributed by atoms with Crippen molar-refractivity contribution in [1.29, 1.82) is 10.5 Å². The average Bonchev–Trinajstić information content (AvgIpc) is 2.38. The van der Waals surface area contributed by atoms with E-state index in [-0.39, 0.29) is 24.1 Å². The van der Waals surface area contributed by atoms with Crippen molar-refractivity contribution in [3.63, 3.8) is 0 Å². The van der Waals surface area contributed by atoms with Gasteiger partial charge in [0.1, 0.15) is 12.1 Å². The summed E-state index contributed by atoms with van der Waals surface area (Å²) in [5.41, 5.74) is 0.730. The van der Waals surface area contributed by atoms with Crippen LogP contribution in [0.15, 0.2) is 18.2 Å². The predicted octanol–water partition coefficient (Wildman–Crippen LogP) is 1.03. The van der Waals surface area contributed by atoms with Gasteiger partial charge in [0.2, 0.25) is 0 Å². The quantitative estimate of drug-likeness (QED) is 0.743. The smallest absolute Gasteiger partial charge is 0.319 e. The van der Waals surface area contributed by atoms with Crippen molar-refractivity contribution in [2.24, 2.45) is 0 Å². The monoisotopic (exact) mass is 258 g/mol.